The minimum Gasteiger partial charge on any atom is -0.495 e. The molecule has 1 amide bonds. The van der Waals surface area contributed by atoms with E-state index in [1.54, 1.807) is 24.0 Å². The maximum absolute atomic E-state index is 13.5. The van der Waals surface area contributed by atoms with Crippen molar-refractivity contribution >= 4 is 21.6 Å². The van der Waals surface area contributed by atoms with Gasteiger partial charge in [0.05, 0.1) is 26.0 Å². The maximum atomic E-state index is 13.5. The van der Waals surface area contributed by atoms with Crippen LogP contribution in [-0.2, 0) is 19.6 Å². The summed E-state index contributed by atoms with van der Waals surface area (Å²) in [6.07, 6.45) is 0. The molecule has 0 saturated carbocycles. The van der Waals surface area contributed by atoms with Crippen molar-refractivity contribution in [3.8, 4) is 5.75 Å². The summed E-state index contributed by atoms with van der Waals surface area (Å²) in [4.78, 5) is 14.3. The number of halogens is 1. The molecule has 2 aromatic carbocycles. The molecule has 1 saturated heterocycles. The zero-order valence-corrected chi connectivity index (χ0v) is 17.1. The van der Waals surface area contributed by atoms with Crippen molar-refractivity contribution in [3.05, 3.63) is 53.8 Å². The Morgan fingerprint density at radius 1 is 1.17 bits per heavy atom. The zero-order chi connectivity index (χ0) is 21.0. The summed E-state index contributed by atoms with van der Waals surface area (Å²) in [5, 5.41) is 0. The van der Waals surface area contributed by atoms with Crippen molar-refractivity contribution in [3.63, 3.8) is 0 Å². The monoisotopic (exact) mass is 422 g/mol. The number of methoxy groups -OCH3 is 1. The molecule has 156 valence electrons. The second kappa shape index (κ2) is 8.79. The molecule has 0 unspecified atom stereocenters. The van der Waals surface area contributed by atoms with Crippen LogP contribution in [0.4, 0.5) is 10.1 Å². The van der Waals surface area contributed by atoms with Crippen molar-refractivity contribution in [2.24, 2.45) is 0 Å². The highest BCUT2D eigenvalue weighted by Gasteiger charge is 2.32. The molecule has 1 aliphatic rings. The Morgan fingerprint density at radius 2 is 1.83 bits per heavy atom. The molecule has 0 bridgehead atoms. The van der Waals surface area contributed by atoms with Gasteiger partial charge in [-0.25, -0.2) is 12.8 Å². The van der Waals surface area contributed by atoms with Gasteiger partial charge in [0, 0.05) is 13.1 Å². The predicted octanol–water partition coefficient (Wildman–Crippen LogP) is 2.20. The van der Waals surface area contributed by atoms with E-state index in [2.05, 4.69) is 0 Å². The first-order valence-corrected chi connectivity index (χ1v) is 10.6. The van der Waals surface area contributed by atoms with E-state index >= 15 is 0 Å². The van der Waals surface area contributed by atoms with Crippen LogP contribution in [-0.4, -0.2) is 59.2 Å². The van der Waals surface area contributed by atoms with Crippen LogP contribution in [0.3, 0.4) is 0 Å². The number of amides is 1. The Kier molecular flexibility index (Phi) is 6.39. The fourth-order valence-corrected chi connectivity index (χ4v) is 4.72. The minimum atomic E-state index is -4.16. The molecule has 7 nitrogen and oxygen atoms in total. The highest BCUT2D eigenvalue weighted by molar-refractivity contribution is 7.93. The largest absolute Gasteiger partial charge is 0.495 e. The SMILES string of the molecule is COc1ccc(C)cc1S(=O)(=O)N(CC(=O)N1CCOCC1)c1ccc(F)cc1. The molecular formula is C20H23FN2O5S. The number of benzene rings is 2. The van der Waals surface area contributed by atoms with Crippen LogP contribution in [0.2, 0.25) is 0 Å². The molecule has 0 aliphatic carbocycles. The number of carbonyl (C=O) groups is 1. The molecular weight excluding hydrogens is 399 g/mol. The summed E-state index contributed by atoms with van der Waals surface area (Å²) in [6, 6.07) is 9.77. The molecule has 0 spiro atoms. The molecule has 1 fully saturated rings. The standard InChI is InChI=1S/C20H23FN2O5S/c1-15-3-8-18(27-2)19(13-15)29(25,26)23(17-6-4-16(21)5-7-17)14-20(24)22-9-11-28-12-10-22/h3-8,13H,9-12,14H2,1-2H3. The number of hydrogen-bond acceptors (Lipinski definition) is 5. The third kappa shape index (κ3) is 4.68. The summed E-state index contributed by atoms with van der Waals surface area (Å²) >= 11 is 0. The quantitative estimate of drug-likeness (QED) is 0.713. The average Bonchev–Trinajstić information content (AvgIpc) is 2.73. The Morgan fingerprint density at radius 3 is 2.45 bits per heavy atom. The highest BCUT2D eigenvalue weighted by Crippen LogP contribution is 2.31. The Balaban J connectivity index is 2.03. The van der Waals surface area contributed by atoms with E-state index in [1.165, 1.54) is 25.3 Å². The van der Waals surface area contributed by atoms with E-state index in [0.717, 1.165) is 22.0 Å². The van der Waals surface area contributed by atoms with Gasteiger partial charge in [-0.3, -0.25) is 9.10 Å². The van der Waals surface area contributed by atoms with Gasteiger partial charge in [-0.2, -0.15) is 0 Å². The van der Waals surface area contributed by atoms with E-state index < -0.39 is 22.4 Å². The van der Waals surface area contributed by atoms with Gasteiger partial charge in [-0.05, 0) is 48.9 Å². The molecule has 29 heavy (non-hydrogen) atoms. The number of carbonyl (C=O) groups excluding carboxylic acids is 1. The van der Waals surface area contributed by atoms with Crippen LogP contribution in [0, 0.1) is 12.7 Å². The van der Waals surface area contributed by atoms with Crippen LogP contribution in [0.25, 0.3) is 0 Å². The molecule has 9 heteroatoms. The van der Waals surface area contributed by atoms with Gasteiger partial charge in [-0.15, -0.1) is 0 Å². The third-order valence-corrected chi connectivity index (χ3v) is 6.44. The lowest BCUT2D eigenvalue weighted by Crippen LogP contribution is -2.47. The molecule has 1 aliphatic heterocycles. The van der Waals surface area contributed by atoms with Gasteiger partial charge in [0.1, 0.15) is 23.0 Å². The lowest BCUT2D eigenvalue weighted by Gasteiger charge is -2.31. The van der Waals surface area contributed by atoms with Crippen LogP contribution in [0.1, 0.15) is 5.56 Å². The van der Waals surface area contributed by atoms with Crippen LogP contribution in [0.5, 0.6) is 5.75 Å². The number of sulfonamides is 1. The molecule has 0 N–H and O–H groups in total. The second-order valence-corrected chi connectivity index (χ2v) is 8.47. The molecule has 0 aromatic heterocycles. The third-order valence-electron chi connectivity index (χ3n) is 4.64. The Bertz CT molecular complexity index is 973. The number of anilines is 1. The van der Waals surface area contributed by atoms with Crippen LogP contribution in [0.15, 0.2) is 47.4 Å². The van der Waals surface area contributed by atoms with E-state index in [4.69, 9.17) is 9.47 Å². The van der Waals surface area contributed by atoms with Crippen molar-refractivity contribution < 1.29 is 27.1 Å². The molecule has 1 heterocycles. The van der Waals surface area contributed by atoms with Crippen molar-refractivity contribution in [1.29, 1.82) is 0 Å². The predicted molar refractivity (Wildman–Crippen MR) is 106 cm³/mol. The summed E-state index contributed by atoms with van der Waals surface area (Å²) in [6.45, 7) is 2.94. The van der Waals surface area contributed by atoms with E-state index in [9.17, 15) is 17.6 Å². The fraction of sp³-hybridized carbons (Fsp3) is 0.350. The first-order valence-electron chi connectivity index (χ1n) is 9.11. The highest BCUT2D eigenvalue weighted by atomic mass is 32.2. The van der Waals surface area contributed by atoms with Crippen LogP contribution >= 0.6 is 0 Å². The van der Waals surface area contributed by atoms with E-state index in [-0.39, 0.29) is 22.2 Å². The van der Waals surface area contributed by atoms with Gasteiger partial charge in [0.15, 0.2) is 0 Å². The normalized spacial score (nSPS) is 14.5. The van der Waals surface area contributed by atoms with Crippen molar-refractivity contribution in [1.82, 2.24) is 4.90 Å². The number of ether oxygens (including phenoxy) is 2. The Labute approximate surface area is 169 Å². The Hall–Kier alpha value is -2.65. The van der Waals surface area contributed by atoms with Crippen molar-refractivity contribution in [2.45, 2.75) is 11.8 Å². The smallest absolute Gasteiger partial charge is 0.268 e. The van der Waals surface area contributed by atoms with Gasteiger partial charge in [-0.1, -0.05) is 6.07 Å². The second-order valence-electron chi connectivity index (χ2n) is 6.64. The topological polar surface area (TPSA) is 76.2 Å². The molecule has 0 radical (unpaired) electrons. The number of hydrogen-bond donors (Lipinski definition) is 0. The summed E-state index contributed by atoms with van der Waals surface area (Å²) in [5.74, 6) is -0.687. The zero-order valence-electron chi connectivity index (χ0n) is 16.3. The fourth-order valence-electron chi connectivity index (χ4n) is 3.06. The van der Waals surface area contributed by atoms with Gasteiger partial charge >= 0.3 is 0 Å². The summed E-state index contributed by atoms with van der Waals surface area (Å²) in [5.41, 5.74) is 0.916. The molecule has 3 rings (SSSR count). The summed E-state index contributed by atoms with van der Waals surface area (Å²) < 4.78 is 51.9. The first-order chi connectivity index (χ1) is 13.8. The van der Waals surface area contributed by atoms with Gasteiger partial charge in [0.25, 0.3) is 10.0 Å². The maximum Gasteiger partial charge on any atom is 0.268 e. The number of rotatable bonds is 6. The van der Waals surface area contributed by atoms with Gasteiger partial charge < -0.3 is 14.4 Å². The number of nitrogens with zero attached hydrogens (tertiary/aromatic N) is 2. The molecule has 0 atom stereocenters. The van der Waals surface area contributed by atoms with E-state index in [1.807, 2.05) is 0 Å². The molecule has 2 aromatic rings. The lowest BCUT2D eigenvalue weighted by atomic mass is 10.2. The number of aryl methyl sites for hydroxylation is 1. The summed E-state index contributed by atoms with van der Waals surface area (Å²) in [7, 11) is -2.78. The van der Waals surface area contributed by atoms with Gasteiger partial charge in [0.2, 0.25) is 5.91 Å². The van der Waals surface area contributed by atoms with E-state index in [0.29, 0.717) is 26.3 Å². The number of morpholine rings is 1. The average molecular weight is 422 g/mol. The lowest BCUT2D eigenvalue weighted by molar-refractivity contribution is -0.133. The van der Waals surface area contributed by atoms with Crippen molar-refractivity contribution in [2.75, 3.05) is 44.3 Å². The minimum absolute atomic E-state index is 0.0564. The van der Waals surface area contributed by atoms with Crippen LogP contribution < -0.4 is 9.04 Å². The first kappa shape index (κ1) is 21.1.